The highest BCUT2D eigenvalue weighted by atomic mass is 35.5. The summed E-state index contributed by atoms with van der Waals surface area (Å²) in [4.78, 5) is 11.2. The molecule has 82 valence electrons. The summed E-state index contributed by atoms with van der Waals surface area (Å²) in [5, 5.41) is 9.79. The molecule has 15 heavy (non-hydrogen) atoms. The van der Waals surface area contributed by atoms with Crippen LogP contribution in [0.5, 0.6) is 0 Å². The van der Waals surface area contributed by atoms with E-state index in [0.29, 0.717) is 5.56 Å². The van der Waals surface area contributed by atoms with Crippen LogP contribution in [0.3, 0.4) is 0 Å². The maximum atomic E-state index is 11.2. The SMILES string of the molecule is COC(=O)C(Cl)(Cl)[C@@H](O)c1ccccc1. The van der Waals surface area contributed by atoms with Gasteiger partial charge in [0.2, 0.25) is 4.33 Å². The van der Waals surface area contributed by atoms with Gasteiger partial charge in [-0.15, -0.1) is 0 Å². The van der Waals surface area contributed by atoms with Gasteiger partial charge in [0.15, 0.2) is 0 Å². The van der Waals surface area contributed by atoms with Gasteiger partial charge in [0.05, 0.1) is 7.11 Å². The van der Waals surface area contributed by atoms with Gasteiger partial charge < -0.3 is 9.84 Å². The van der Waals surface area contributed by atoms with E-state index in [4.69, 9.17) is 23.2 Å². The number of alkyl halides is 2. The minimum absolute atomic E-state index is 0.452. The Labute approximate surface area is 97.6 Å². The fourth-order valence-corrected chi connectivity index (χ4v) is 1.50. The minimum Gasteiger partial charge on any atom is -0.467 e. The van der Waals surface area contributed by atoms with E-state index in [1.807, 2.05) is 0 Å². The second kappa shape index (κ2) is 4.84. The Morgan fingerprint density at radius 3 is 2.40 bits per heavy atom. The Hall–Kier alpha value is -0.770. The van der Waals surface area contributed by atoms with Crippen LogP contribution < -0.4 is 0 Å². The average Bonchev–Trinajstić information content (AvgIpc) is 2.28. The van der Waals surface area contributed by atoms with Gasteiger partial charge in [0, 0.05) is 0 Å². The first-order valence-electron chi connectivity index (χ1n) is 4.19. The number of benzene rings is 1. The first kappa shape index (κ1) is 12.3. The maximum Gasteiger partial charge on any atom is 0.345 e. The van der Waals surface area contributed by atoms with Gasteiger partial charge in [-0.05, 0) is 5.56 Å². The molecule has 5 heteroatoms. The molecule has 0 unspecified atom stereocenters. The molecule has 0 aliphatic rings. The van der Waals surface area contributed by atoms with Crippen molar-refractivity contribution >= 4 is 29.2 Å². The van der Waals surface area contributed by atoms with Crippen molar-refractivity contribution in [2.45, 2.75) is 10.4 Å². The second-order valence-electron chi connectivity index (χ2n) is 2.93. The number of methoxy groups -OCH3 is 1. The summed E-state index contributed by atoms with van der Waals surface area (Å²) in [7, 11) is 1.15. The Morgan fingerprint density at radius 1 is 1.40 bits per heavy atom. The van der Waals surface area contributed by atoms with Crippen LogP contribution in [0.2, 0.25) is 0 Å². The molecule has 1 rings (SSSR count). The van der Waals surface area contributed by atoms with E-state index < -0.39 is 16.4 Å². The average molecular weight is 249 g/mol. The lowest BCUT2D eigenvalue weighted by atomic mass is 10.1. The zero-order valence-electron chi connectivity index (χ0n) is 7.98. The largest absolute Gasteiger partial charge is 0.467 e. The molecule has 1 aromatic rings. The van der Waals surface area contributed by atoms with Crippen molar-refractivity contribution < 1.29 is 14.6 Å². The van der Waals surface area contributed by atoms with Crippen molar-refractivity contribution in [3.63, 3.8) is 0 Å². The molecular formula is C10H10Cl2O3. The fourth-order valence-electron chi connectivity index (χ4n) is 1.09. The van der Waals surface area contributed by atoms with Crippen LogP contribution in [-0.4, -0.2) is 22.5 Å². The van der Waals surface area contributed by atoms with Crippen LogP contribution in [0, 0.1) is 0 Å². The van der Waals surface area contributed by atoms with Crippen molar-refractivity contribution in [2.24, 2.45) is 0 Å². The molecule has 1 aromatic carbocycles. The summed E-state index contributed by atoms with van der Waals surface area (Å²) in [6, 6.07) is 8.43. The number of carbonyl (C=O) groups excluding carboxylic acids is 1. The van der Waals surface area contributed by atoms with Gasteiger partial charge in [-0.2, -0.15) is 0 Å². The van der Waals surface area contributed by atoms with E-state index in [1.165, 1.54) is 0 Å². The molecule has 0 saturated carbocycles. The molecule has 3 nitrogen and oxygen atoms in total. The number of rotatable bonds is 3. The highest BCUT2D eigenvalue weighted by Crippen LogP contribution is 2.36. The molecule has 0 fully saturated rings. The summed E-state index contributed by atoms with van der Waals surface area (Å²) < 4.78 is 2.40. The van der Waals surface area contributed by atoms with Crippen molar-refractivity contribution in [1.29, 1.82) is 0 Å². The molecular weight excluding hydrogens is 239 g/mol. The number of halogens is 2. The van der Waals surface area contributed by atoms with Crippen molar-refractivity contribution in [3.8, 4) is 0 Å². The third kappa shape index (κ3) is 2.62. The van der Waals surface area contributed by atoms with Gasteiger partial charge in [-0.25, -0.2) is 4.79 Å². The predicted molar refractivity (Wildman–Crippen MR) is 57.9 cm³/mol. The summed E-state index contributed by atoms with van der Waals surface area (Å²) in [6.07, 6.45) is -1.32. The first-order chi connectivity index (χ1) is 7.00. The maximum absolute atomic E-state index is 11.2. The molecule has 0 amide bonds. The molecule has 0 aliphatic heterocycles. The summed E-state index contributed by atoms with van der Waals surface area (Å²) >= 11 is 11.4. The smallest absolute Gasteiger partial charge is 0.345 e. The first-order valence-corrected chi connectivity index (χ1v) is 4.95. The van der Waals surface area contributed by atoms with Crippen LogP contribution >= 0.6 is 23.2 Å². The van der Waals surface area contributed by atoms with Crippen molar-refractivity contribution in [3.05, 3.63) is 35.9 Å². The third-order valence-electron chi connectivity index (χ3n) is 1.92. The molecule has 0 aliphatic carbocycles. The lowest BCUT2D eigenvalue weighted by Crippen LogP contribution is -2.34. The second-order valence-corrected chi connectivity index (χ2v) is 4.31. The van der Waals surface area contributed by atoms with Gasteiger partial charge in [0.25, 0.3) is 0 Å². The number of hydrogen-bond donors (Lipinski definition) is 1. The van der Waals surface area contributed by atoms with E-state index in [9.17, 15) is 9.90 Å². The molecule has 0 spiro atoms. The van der Waals surface area contributed by atoms with Gasteiger partial charge in [0.1, 0.15) is 6.10 Å². The number of aliphatic hydroxyl groups excluding tert-OH is 1. The summed E-state index contributed by atoms with van der Waals surface area (Å²) in [5.41, 5.74) is 0.452. The Morgan fingerprint density at radius 2 is 1.93 bits per heavy atom. The number of hydrogen-bond acceptors (Lipinski definition) is 3. The summed E-state index contributed by atoms with van der Waals surface area (Å²) in [6.45, 7) is 0. The topological polar surface area (TPSA) is 46.5 Å². The standard InChI is InChI=1S/C10H10Cl2O3/c1-15-9(14)10(11,12)8(13)7-5-3-2-4-6-7/h2-6,8,13H,1H3/t8-/m0/s1. The monoisotopic (exact) mass is 248 g/mol. The van der Waals surface area contributed by atoms with Crippen molar-refractivity contribution in [2.75, 3.05) is 7.11 Å². The number of esters is 1. The molecule has 0 heterocycles. The molecule has 1 N–H and O–H groups in total. The van der Waals surface area contributed by atoms with Crippen LogP contribution in [0.1, 0.15) is 11.7 Å². The Bertz CT molecular complexity index is 338. The summed E-state index contributed by atoms with van der Waals surface area (Å²) in [5.74, 6) is -0.887. The van der Waals surface area contributed by atoms with E-state index in [-0.39, 0.29) is 0 Å². The quantitative estimate of drug-likeness (QED) is 0.658. The highest BCUT2D eigenvalue weighted by molar-refractivity contribution is 6.58. The van der Waals surface area contributed by atoms with Gasteiger partial charge in [-0.1, -0.05) is 53.5 Å². The fraction of sp³-hybridized carbons (Fsp3) is 0.300. The Kier molecular flexibility index (Phi) is 3.97. The normalized spacial score (nSPS) is 13.3. The number of ether oxygens (including phenoxy) is 1. The van der Waals surface area contributed by atoms with E-state index >= 15 is 0 Å². The van der Waals surface area contributed by atoms with E-state index in [1.54, 1.807) is 30.3 Å². The van der Waals surface area contributed by atoms with Crippen LogP contribution in [-0.2, 0) is 9.53 Å². The van der Waals surface area contributed by atoms with E-state index in [2.05, 4.69) is 4.74 Å². The van der Waals surface area contributed by atoms with E-state index in [0.717, 1.165) is 7.11 Å². The van der Waals surface area contributed by atoms with Crippen LogP contribution in [0.4, 0.5) is 0 Å². The van der Waals surface area contributed by atoms with Gasteiger partial charge >= 0.3 is 5.97 Å². The minimum atomic E-state index is -1.99. The number of aliphatic hydroxyl groups is 1. The lowest BCUT2D eigenvalue weighted by molar-refractivity contribution is -0.144. The molecule has 0 radical (unpaired) electrons. The molecule has 0 aromatic heterocycles. The zero-order valence-corrected chi connectivity index (χ0v) is 9.50. The molecule has 1 atom stereocenters. The van der Waals surface area contributed by atoms with Crippen LogP contribution in [0.25, 0.3) is 0 Å². The number of carbonyl (C=O) groups is 1. The predicted octanol–water partition coefficient (Wildman–Crippen LogP) is 2.07. The lowest BCUT2D eigenvalue weighted by Gasteiger charge is -2.23. The highest BCUT2D eigenvalue weighted by Gasteiger charge is 2.43. The van der Waals surface area contributed by atoms with Crippen molar-refractivity contribution in [1.82, 2.24) is 0 Å². The Balaban J connectivity index is 2.94. The zero-order chi connectivity index (χ0) is 11.5. The van der Waals surface area contributed by atoms with Crippen LogP contribution in [0.15, 0.2) is 30.3 Å². The third-order valence-corrected chi connectivity index (χ3v) is 2.64. The molecule has 0 saturated heterocycles. The molecule has 0 bridgehead atoms. The van der Waals surface area contributed by atoms with Gasteiger partial charge in [-0.3, -0.25) is 0 Å².